The highest BCUT2D eigenvalue weighted by Crippen LogP contribution is 2.23. The second-order valence-corrected chi connectivity index (χ2v) is 4.97. The molecule has 0 aliphatic heterocycles. The standard InChI is InChI=1S/C15H20F2N4/c1-3-5-18-15(11-7-12(16)9-13(17)8-11)14-10-19-20-21(14)6-4-2/h7-10,15,18H,3-6H2,1-2H3. The number of benzene rings is 1. The van der Waals surface area contributed by atoms with E-state index >= 15 is 0 Å². The van der Waals surface area contributed by atoms with E-state index in [4.69, 9.17) is 0 Å². The number of aryl methyl sites for hydroxylation is 1. The van der Waals surface area contributed by atoms with Gasteiger partial charge in [-0.05, 0) is 37.1 Å². The second-order valence-electron chi connectivity index (χ2n) is 4.97. The van der Waals surface area contributed by atoms with Gasteiger partial charge in [0.2, 0.25) is 0 Å². The molecule has 0 aliphatic rings. The summed E-state index contributed by atoms with van der Waals surface area (Å²) in [6.07, 6.45) is 3.48. The van der Waals surface area contributed by atoms with Gasteiger partial charge in [0.05, 0.1) is 17.9 Å². The number of hydrogen-bond donors (Lipinski definition) is 1. The Morgan fingerprint density at radius 3 is 2.48 bits per heavy atom. The minimum atomic E-state index is -0.581. The molecule has 0 aliphatic carbocycles. The van der Waals surface area contributed by atoms with Crippen LogP contribution >= 0.6 is 0 Å². The van der Waals surface area contributed by atoms with Gasteiger partial charge in [0.1, 0.15) is 11.6 Å². The Hall–Kier alpha value is -1.82. The van der Waals surface area contributed by atoms with Crippen molar-refractivity contribution in [2.24, 2.45) is 0 Å². The average molecular weight is 294 g/mol. The van der Waals surface area contributed by atoms with E-state index in [1.54, 1.807) is 10.9 Å². The summed E-state index contributed by atoms with van der Waals surface area (Å²) < 4.78 is 28.8. The van der Waals surface area contributed by atoms with Crippen LogP contribution in [0.1, 0.15) is 44.0 Å². The molecule has 2 aromatic rings. The molecule has 0 bridgehead atoms. The summed E-state index contributed by atoms with van der Waals surface area (Å²) in [4.78, 5) is 0. The average Bonchev–Trinajstić information content (AvgIpc) is 2.87. The predicted molar refractivity (Wildman–Crippen MR) is 76.8 cm³/mol. The maximum Gasteiger partial charge on any atom is 0.126 e. The van der Waals surface area contributed by atoms with E-state index in [2.05, 4.69) is 15.6 Å². The van der Waals surface area contributed by atoms with Gasteiger partial charge in [0.25, 0.3) is 0 Å². The van der Waals surface area contributed by atoms with Gasteiger partial charge in [-0.3, -0.25) is 0 Å². The van der Waals surface area contributed by atoms with E-state index in [0.29, 0.717) is 5.56 Å². The van der Waals surface area contributed by atoms with Gasteiger partial charge in [-0.25, -0.2) is 13.5 Å². The number of rotatable bonds is 7. The minimum Gasteiger partial charge on any atom is -0.305 e. The Bertz CT molecular complexity index is 563. The monoisotopic (exact) mass is 294 g/mol. The lowest BCUT2D eigenvalue weighted by Crippen LogP contribution is -2.26. The molecule has 2 rings (SSSR count). The van der Waals surface area contributed by atoms with Crippen LogP contribution in [0.3, 0.4) is 0 Å². The summed E-state index contributed by atoms with van der Waals surface area (Å²) in [6.45, 7) is 5.54. The zero-order valence-corrected chi connectivity index (χ0v) is 12.3. The van der Waals surface area contributed by atoms with Crippen molar-refractivity contribution in [3.8, 4) is 0 Å². The molecule has 114 valence electrons. The highest BCUT2D eigenvalue weighted by molar-refractivity contribution is 5.28. The highest BCUT2D eigenvalue weighted by atomic mass is 19.1. The van der Waals surface area contributed by atoms with E-state index < -0.39 is 11.6 Å². The molecule has 1 heterocycles. The van der Waals surface area contributed by atoms with Crippen molar-refractivity contribution in [1.29, 1.82) is 0 Å². The topological polar surface area (TPSA) is 42.7 Å². The van der Waals surface area contributed by atoms with Crippen molar-refractivity contribution in [3.05, 3.63) is 47.3 Å². The molecular weight excluding hydrogens is 274 g/mol. The van der Waals surface area contributed by atoms with E-state index in [1.807, 2.05) is 13.8 Å². The maximum atomic E-state index is 13.5. The van der Waals surface area contributed by atoms with Crippen LogP contribution in [0.4, 0.5) is 8.78 Å². The first kappa shape index (κ1) is 15.6. The second kappa shape index (κ2) is 7.26. The number of nitrogens with zero attached hydrogens (tertiary/aromatic N) is 3. The van der Waals surface area contributed by atoms with Crippen molar-refractivity contribution in [2.45, 2.75) is 39.3 Å². The lowest BCUT2D eigenvalue weighted by Gasteiger charge is -2.20. The van der Waals surface area contributed by atoms with Crippen LogP contribution in [-0.4, -0.2) is 21.5 Å². The Morgan fingerprint density at radius 2 is 1.86 bits per heavy atom. The molecule has 1 unspecified atom stereocenters. The van der Waals surface area contributed by atoms with E-state index in [9.17, 15) is 8.78 Å². The van der Waals surface area contributed by atoms with Crippen molar-refractivity contribution >= 4 is 0 Å². The van der Waals surface area contributed by atoms with Crippen LogP contribution in [0.15, 0.2) is 24.4 Å². The van der Waals surface area contributed by atoms with Gasteiger partial charge in [0.15, 0.2) is 0 Å². The Labute approximate surface area is 123 Å². The lowest BCUT2D eigenvalue weighted by atomic mass is 10.0. The number of hydrogen-bond acceptors (Lipinski definition) is 3. The number of aromatic nitrogens is 3. The first-order valence-electron chi connectivity index (χ1n) is 7.23. The van der Waals surface area contributed by atoms with Crippen LogP contribution in [-0.2, 0) is 6.54 Å². The van der Waals surface area contributed by atoms with Crippen LogP contribution in [0.25, 0.3) is 0 Å². The summed E-state index contributed by atoms with van der Waals surface area (Å²) in [7, 11) is 0. The predicted octanol–water partition coefficient (Wildman–Crippen LogP) is 3.06. The summed E-state index contributed by atoms with van der Waals surface area (Å²) in [5.41, 5.74) is 1.36. The molecule has 21 heavy (non-hydrogen) atoms. The first-order valence-corrected chi connectivity index (χ1v) is 7.23. The van der Waals surface area contributed by atoms with Crippen LogP contribution in [0.5, 0.6) is 0 Å². The SMILES string of the molecule is CCCNC(c1cc(F)cc(F)c1)c1cnnn1CCC. The molecule has 0 spiro atoms. The van der Waals surface area contributed by atoms with Crippen molar-refractivity contribution in [1.82, 2.24) is 20.3 Å². The zero-order valence-electron chi connectivity index (χ0n) is 12.3. The summed E-state index contributed by atoms with van der Waals surface area (Å²) in [6, 6.07) is 3.25. The fourth-order valence-corrected chi connectivity index (χ4v) is 2.30. The van der Waals surface area contributed by atoms with Gasteiger partial charge in [-0.15, -0.1) is 5.10 Å². The fraction of sp³-hybridized carbons (Fsp3) is 0.467. The third kappa shape index (κ3) is 3.85. The molecule has 1 aromatic carbocycles. The zero-order chi connectivity index (χ0) is 15.2. The van der Waals surface area contributed by atoms with Gasteiger partial charge in [-0.1, -0.05) is 19.1 Å². The molecule has 0 saturated heterocycles. The molecule has 0 amide bonds. The van der Waals surface area contributed by atoms with Crippen LogP contribution in [0, 0.1) is 11.6 Å². The van der Waals surface area contributed by atoms with Crippen molar-refractivity contribution in [3.63, 3.8) is 0 Å². The third-order valence-electron chi connectivity index (χ3n) is 3.20. The van der Waals surface area contributed by atoms with Gasteiger partial charge < -0.3 is 5.32 Å². The van der Waals surface area contributed by atoms with Crippen molar-refractivity contribution in [2.75, 3.05) is 6.54 Å². The smallest absolute Gasteiger partial charge is 0.126 e. The molecule has 1 N–H and O–H groups in total. The van der Waals surface area contributed by atoms with Crippen LogP contribution < -0.4 is 5.32 Å². The summed E-state index contributed by atoms with van der Waals surface area (Å²) >= 11 is 0. The first-order chi connectivity index (χ1) is 10.2. The molecule has 1 atom stereocenters. The molecule has 1 aromatic heterocycles. The number of halogens is 2. The van der Waals surface area contributed by atoms with Gasteiger partial charge >= 0.3 is 0 Å². The van der Waals surface area contributed by atoms with E-state index in [1.165, 1.54) is 12.1 Å². The normalized spacial score (nSPS) is 12.6. The van der Waals surface area contributed by atoms with E-state index in [0.717, 1.165) is 37.7 Å². The van der Waals surface area contributed by atoms with Gasteiger partial charge in [0, 0.05) is 12.6 Å². The van der Waals surface area contributed by atoms with E-state index in [-0.39, 0.29) is 6.04 Å². The Kier molecular flexibility index (Phi) is 5.38. The molecule has 0 fully saturated rings. The Balaban J connectivity index is 2.39. The molecular formula is C15H20F2N4. The lowest BCUT2D eigenvalue weighted by molar-refractivity contribution is 0.499. The molecule has 0 saturated carbocycles. The quantitative estimate of drug-likeness (QED) is 0.853. The highest BCUT2D eigenvalue weighted by Gasteiger charge is 2.19. The third-order valence-corrected chi connectivity index (χ3v) is 3.20. The summed E-state index contributed by atoms with van der Waals surface area (Å²) in [5.74, 6) is -1.16. The maximum absolute atomic E-state index is 13.5. The summed E-state index contributed by atoms with van der Waals surface area (Å²) in [5, 5.41) is 11.3. The fourth-order valence-electron chi connectivity index (χ4n) is 2.30. The molecule has 0 radical (unpaired) electrons. The van der Waals surface area contributed by atoms with Crippen molar-refractivity contribution < 1.29 is 8.78 Å². The van der Waals surface area contributed by atoms with Gasteiger partial charge in [-0.2, -0.15) is 0 Å². The van der Waals surface area contributed by atoms with Crippen LogP contribution in [0.2, 0.25) is 0 Å². The number of nitrogens with one attached hydrogen (secondary N) is 1. The molecule has 4 nitrogen and oxygen atoms in total. The minimum absolute atomic E-state index is 0.323. The molecule has 6 heteroatoms. The largest absolute Gasteiger partial charge is 0.305 e. The Morgan fingerprint density at radius 1 is 1.14 bits per heavy atom.